The number of likely N-dealkylation sites (tertiary alicyclic amines) is 1. The van der Waals surface area contributed by atoms with Gasteiger partial charge < -0.3 is 14.7 Å². The summed E-state index contributed by atoms with van der Waals surface area (Å²) in [7, 11) is 0. The molecular formula is C28H26ClN5O4. The van der Waals surface area contributed by atoms with Crippen LogP contribution in [0.2, 0.25) is 5.02 Å². The third-order valence-corrected chi connectivity index (χ3v) is 8.71. The lowest BCUT2D eigenvalue weighted by Gasteiger charge is -2.55. The summed E-state index contributed by atoms with van der Waals surface area (Å²) < 4.78 is 0. The zero-order chi connectivity index (χ0) is 26.6. The highest BCUT2D eigenvalue weighted by molar-refractivity contribution is 6.32. The van der Waals surface area contributed by atoms with Crippen LogP contribution in [0.25, 0.3) is 0 Å². The van der Waals surface area contributed by atoms with E-state index in [0.29, 0.717) is 42.7 Å². The third-order valence-electron chi connectivity index (χ3n) is 8.40. The molecule has 0 radical (unpaired) electrons. The Hall–Kier alpha value is -3.90. The van der Waals surface area contributed by atoms with E-state index in [4.69, 9.17) is 16.9 Å². The van der Waals surface area contributed by atoms with Gasteiger partial charge in [-0.15, -0.1) is 0 Å². The molecule has 6 rings (SSSR count). The molecular weight excluding hydrogens is 506 g/mol. The van der Waals surface area contributed by atoms with Crippen LogP contribution in [0, 0.1) is 16.7 Å². The molecule has 1 spiro atoms. The van der Waals surface area contributed by atoms with E-state index in [1.807, 2.05) is 29.2 Å². The second-order valence-electron chi connectivity index (χ2n) is 10.7. The number of anilines is 1. The molecule has 3 saturated heterocycles. The molecule has 2 aromatic carbocycles. The first kappa shape index (κ1) is 24.4. The number of imide groups is 1. The van der Waals surface area contributed by atoms with Crippen LogP contribution < -0.4 is 10.2 Å². The molecule has 4 amide bonds. The minimum Gasteiger partial charge on any atom is -0.370 e. The van der Waals surface area contributed by atoms with Crippen molar-refractivity contribution in [1.29, 1.82) is 5.26 Å². The second kappa shape index (κ2) is 9.14. The largest absolute Gasteiger partial charge is 0.370 e. The van der Waals surface area contributed by atoms with Crippen molar-refractivity contribution in [2.75, 3.05) is 31.1 Å². The average molecular weight is 532 g/mol. The Labute approximate surface area is 224 Å². The number of piperidine rings is 2. The number of nitrogens with one attached hydrogen (secondary N) is 1. The average Bonchev–Trinajstić information content (AvgIpc) is 3.23. The zero-order valence-electron chi connectivity index (χ0n) is 20.7. The lowest BCUT2D eigenvalue weighted by Crippen LogP contribution is -2.61. The van der Waals surface area contributed by atoms with Gasteiger partial charge in [0.15, 0.2) is 0 Å². The molecule has 0 saturated carbocycles. The van der Waals surface area contributed by atoms with Crippen LogP contribution in [0.1, 0.15) is 57.5 Å². The van der Waals surface area contributed by atoms with Crippen molar-refractivity contribution < 1.29 is 19.2 Å². The van der Waals surface area contributed by atoms with Crippen LogP contribution in [-0.2, 0) is 16.1 Å². The van der Waals surface area contributed by atoms with Gasteiger partial charge in [0.25, 0.3) is 11.8 Å². The van der Waals surface area contributed by atoms with E-state index < -0.39 is 11.9 Å². The van der Waals surface area contributed by atoms with E-state index in [0.717, 1.165) is 37.2 Å². The number of fused-ring (bicyclic) bond motifs is 1. The zero-order valence-corrected chi connectivity index (χ0v) is 21.5. The van der Waals surface area contributed by atoms with E-state index in [-0.39, 0.29) is 34.6 Å². The van der Waals surface area contributed by atoms with E-state index in [9.17, 15) is 19.2 Å². The first-order valence-electron chi connectivity index (χ1n) is 12.8. The lowest BCUT2D eigenvalue weighted by molar-refractivity contribution is -0.136. The summed E-state index contributed by atoms with van der Waals surface area (Å²) in [5, 5.41) is 11.7. The van der Waals surface area contributed by atoms with Crippen molar-refractivity contribution in [1.82, 2.24) is 15.1 Å². The molecule has 4 aliphatic rings. The van der Waals surface area contributed by atoms with Gasteiger partial charge in [-0.05, 0) is 49.6 Å². The minimum atomic E-state index is -0.629. The number of nitriles is 1. The second-order valence-corrected chi connectivity index (χ2v) is 11.1. The summed E-state index contributed by atoms with van der Waals surface area (Å²) in [5.41, 5.74) is 3.53. The summed E-state index contributed by atoms with van der Waals surface area (Å²) in [4.78, 5) is 55.8. The number of carbonyl (C=O) groups excluding carboxylic acids is 4. The summed E-state index contributed by atoms with van der Waals surface area (Å²) in [6.45, 7) is 3.36. The first-order valence-corrected chi connectivity index (χ1v) is 13.2. The Morgan fingerprint density at radius 2 is 1.87 bits per heavy atom. The Morgan fingerprint density at radius 3 is 2.55 bits per heavy atom. The summed E-state index contributed by atoms with van der Waals surface area (Å²) in [5.74, 6) is -0.941. The number of amides is 4. The molecule has 194 valence electrons. The molecule has 2 aromatic rings. The molecule has 0 bridgehead atoms. The fraction of sp³-hybridized carbons (Fsp3) is 0.393. The van der Waals surface area contributed by atoms with Crippen LogP contribution in [0.5, 0.6) is 0 Å². The SMILES string of the molecule is N#Cc1ccc(C(=O)N2CCC3(CC2)CN(c2cccc4c2CN(C2CCC(=O)NC2=O)C4=O)C3)cc1Cl. The van der Waals surface area contributed by atoms with Gasteiger partial charge in [-0.3, -0.25) is 24.5 Å². The van der Waals surface area contributed by atoms with Gasteiger partial charge in [0.1, 0.15) is 12.1 Å². The number of rotatable bonds is 3. The summed E-state index contributed by atoms with van der Waals surface area (Å²) >= 11 is 6.12. The topological polar surface area (TPSA) is 114 Å². The fourth-order valence-corrected chi connectivity index (χ4v) is 6.44. The quantitative estimate of drug-likeness (QED) is 0.609. The van der Waals surface area contributed by atoms with E-state index in [1.54, 1.807) is 23.1 Å². The van der Waals surface area contributed by atoms with Gasteiger partial charge in [0.2, 0.25) is 11.8 Å². The minimum absolute atomic E-state index is 0.0737. The van der Waals surface area contributed by atoms with Crippen molar-refractivity contribution in [3.05, 3.63) is 63.7 Å². The van der Waals surface area contributed by atoms with Crippen LogP contribution in [0.15, 0.2) is 36.4 Å². The normalized spacial score (nSPS) is 22.2. The van der Waals surface area contributed by atoms with E-state index >= 15 is 0 Å². The first-order chi connectivity index (χ1) is 18.3. The number of halogens is 1. The molecule has 1 unspecified atom stereocenters. The van der Waals surface area contributed by atoms with Crippen molar-refractivity contribution in [2.45, 2.75) is 38.3 Å². The number of hydrogen-bond acceptors (Lipinski definition) is 6. The van der Waals surface area contributed by atoms with Crippen LogP contribution in [0.4, 0.5) is 5.69 Å². The van der Waals surface area contributed by atoms with Gasteiger partial charge in [0.05, 0.1) is 10.6 Å². The predicted octanol–water partition coefficient (Wildman–Crippen LogP) is 2.72. The Morgan fingerprint density at radius 1 is 1.11 bits per heavy atom. The lowest BCUT2D eigenvalue weighted by atomic mass is 9.71. The Bertz CT molecular complexity index is 1420. The molecule has 4 heterocycles. The van der Waals surface area contributed by atoms with E-state index in [2.05, 4.69) is 10.2 Å². The molecule has 4 aliphatic heterocycles. The van der Waals surface area contributed by atoms with Gasteiger partial charge in [-0.1, -0.05) is 17.7 Å². The molecule has 3 fully saturated rings. The van der Waals surface area contributed by atoms with Gasteiger partial charge in [-0.2, -0.15) is 5.26 Å². The molecule has 38 heavy (non-hydrogen) atoms. The number of benzene rings is 2. The summed E-state index contributed by atoms with van der Waals surface area (Å²) in [6.07, 6.45) is 2.34. The van der Waals surface area contributed by atoms with Crippen molar-refractivity contribution >= 4 is 40.9 Å². The van der Waals surface area contributed by atoms with Gasteiger partial charge in [0, 0.05) is 66.9 Å². The summed E-state index contributed by atoms with van der Waals surface area (Å²) in [6, 6.07) is 11.9. The highest BCUT2D eigenvalue weighted by Crippen LogP contribution is 2.45. The van der Waals surface area contributed by atoms with E-state index in [1.165, 1.54) is 0 Å². The highest BCUT2D eigenvalue weighted by atomic mass is 35.5. The molecule has 0 aromatic heterocycles. The molecule has 1 atom stereocenters. The maximum absolute atomic E-state index is 13.2. The van der Waals surface area contributed by atoms with Crippen LogP contribution in [0.3, 0.4) is 0 Å². The van der Waals surface area contributed by atoms with Crippen molar-refractivity contribution in [3.8, 4) is 6.07 Å². The predicted molar refractivity (Wildman–Crippen MR) is 138 cm³/mol. The van der Waals surface area contributed by atoms with Gasteiger partial charge >= 0.3 is 0 Å². The molecule has 9 nitrogen and oxygen atoms in total. The maximum atomic E-state index is 13.2. The molecule has 0 aliphatic carbocycles. The highest BCUT2D eigenvalue weighted by Gasteiger charge is 2.47. The monoisotopic (exact) mass is 531 g/mol. The molecule has 1 N–H and O–H groups in total. The smallest absolute Gasteiger partial charge is 0.255 e. The van der Waals surface area contributed by atoms with Crippen molar-refractivity contribution in [3.63, 3.8) is 0 Å². The fourth-order valence-electron chi connectivity index (χ4n) is 6.22. The van der Waals surface area contributed by atoms with Crippen LogP contribution in [-0.4, -0.2) is 65.6 Å². The standard InChI is InChI=1S/C28H26ClN5O4/c29-21-12-17(4-5-18(21)13-30)26(37)32-10-8-28(9-11-32)15-33(16-28)22-3-1-2-19-20(22)14-34(27(19)38)23-6-7-24(35)31-25(23)36/h1-5,12,23H,6-11,14-16H2,(H,31,35,36). The Kier molecular flexibility index (Phi) is 5.88. The number of carbonyl (C=O) groups is 4. The van der Waals surface area contributed by atoms with Crippen LogP contribution >= 0.6 is 11.6 Å². The Balaban J connectivity index is 1.10. The molecule has 10 heteroatoms. The number of nitrogens with zero attached hydrogens (tertiary/aromatic N) is 4. The van der Waals surface area contributed by atoms with Crippen molar-refractivity contribution in [2.24, 2.45) is 5.41 Å². The van der Waals surface area contributed by atoms with Gasteiger partial charge in [-0.25, -0.2) is 0 Å². The maximum Gasteiger partial charge on any atom is 0.255 e. The number of hydrogen-bond donors (Lipinski definition) is 1. The third kappa shape index (κ3) is 4.00.